The Morgan fingerprint density at radius 3 is 2.84 bits per heavy atom. The Morgan fingerprint density at radius 1 is 1.58 bits per heavy atom. The molecule has 1 saturated heterocycles. The highest BCUT2D eigenvalue weighted by atomic mass is 32.2. The second-order valence-electron chi connectivity index (χ2n) is 4.56. The van der Waals surface area contributed by atoms with E-state index in [9.17, 15) is 13.2 Å². The van der Waals surface area contributed by atoms with Gasteiger partial charge in [-0.1, -0.05) is 0 Å². The molecular formula is C11H15N3O4S. The molecule has 104 valence electrons. The van der Waals surface area contributed by atoms with E-state index in [1.807, 2.05) is 0 Å². The molecule has 1 aromatic heterocycles. The molecule has 1 unspecified atom stereocenters. The molecule has 1 fully saturated rings. The summed E-state index contributed by atoms with van der Waals surface area (Å²) in [5.41, 5.74) is 5.86. The van der Waals surface area contributed by atoms with Crippen LogP contribution in [0.4, 0.5) is 11.5 Å². The number of nitrogens with two attached hydrogens (primary N) is 1. The van der Waals surface area contributed by atoms with Crippen LogP contribution in [0.5, 0.6) is 0 Å². The SMILES string of the molecule is CC1CS(=O)(=O)CCN1c1nccc(C(=O)O)c1N. The Balaban J connectivity index is 2.38. The first kappa shape index (κ1) is 13.6. The highest BCUT2D eigenvalue weighted by molar-refractivity contribution is 7.91. The molecule has 1 aliphatic heterocycles. The number of aromatic carboxylic acids is 1. The van der Waals surface area contributed by atoms with Gasteiger partial charge in [0.1, 0.15) is 0 Å². The second-order valence-corrected chi connectivity index (χ2v) is 6.79. The third-order valence-electron chi connectivity index (χ3n) is 3.14. The van der Waals surface area contributed by atoms with Gasteiger partial charge < -0.3 is 15.7 Å². The van der Waals surface area contributed by atoms with Crippen molar-refractivity contribution in [3.05, 3.63) is 17.8 Å². The highest BCUT2D eigenvalue weighted by Crippen LogP contribution is 2.27. The Morgan fingerprint density at radius 2 is 2.26 bits per heavy atom. The van der Waals surface area contributed by atoms with Crippen molar-refractivity contribution < 1.29 is 18.3 Å². The number of carboxylic acids is 1. The molecule has 0 bridgehead atoms. The van der Waals surface area contributed by atoms with E-state index in [1.54, 1.807) is 11.8 Å². The van der Waals surface area contributed by atoms with Crippen LogP contribution in [-0.2, 0) is 9.84 Å². The van der Waals surface area contributed by atoms with E-state index in [4.69, 9.17) is 10.8 Å². The number of pyridine rings is 1. The van der Waals surface area contributed by atoms with Gasteiger partial charge in [-0.3, -0.25) is 0 Å². The molecule has 0 aromatic carbocycles. The lowest BCUT2D eigenvalue weighted by Gasteiger charge is -2.34. The zero-order chi connectivity index (χ0) is 14.2. The molecular weight excluding hydrogens is 270 g/mol. The molecule has 1 aliphatic rings. The van der Waals surface area contributed by atoms with E-state index in [0.717, 1.165) is 0 Å². The highest BCUT2D eigenvalue weighted by Gasteiger charge is 2.30. The first-order valence-corrected chi connectivity index (χ1v) is 7.59. The van der Waals surface area contributed by atoms with Crippen LogP contribution < -0.4 is 10.6 Å². The Kier molecular flexibility index (Phi) is 3.36. The van der Waals surface area contributed by atoms with Gasteiger partial charge in [0.05, 0.1) is 22.8 Å². The van der Waals surface area contributed by atoms with Crippen LogP contribution >= 0.6 is 0 Å². The van der Waals surface area contributed by atoms with Crippen molar-refractivity contribution in [3.8, 4) is 0 Å². The summed E-state index contributed by atoms with van der Waals surface area (Å²) in [4.78, 5) is 16.8. The van der Waals surface area contributed by atoms with Crippen molar-refractivity contribution in [2.75, 3.05) is 28.7 Å². The zero-order valence-corrected chi connectivity index (χ0v) is 11.2. The monoisotopic (exact) mass is 285 g/mol. The van der Waals surface area contributed by atoms with Crippen molar-refractivity contribution in [3.63, 3.8) is 0 Å². The second kappa shape index (κ2) is 4.69. The summed E-state index contributed by atoms with van der Waals surface area (Å²) >= 11 is 0. The number of hydrogen-bond donors (Lipinski definition) is 2. The van der Waals surface area contributed by atoms with E-state index in [-0.39, 0.29) is 35.3 Å². The summed E-state index contributed by atoms with van der Waals surface area (Å²) in [6, 6.07) is 1.05. The van der Waals surface area contributed by atoms with Crippen molar-refractivity contribution in [2.45, 2.75) is 13.0 Å². The maximum atomic E-state index is 11.5. The van der Waals surface area contributed by atoms with Crippen LogP contribution in [0.25, 0.3) is 0 Å². The molecule has 0 aliphatic carbocycles. The Labute approximate surface area is 111 Å². The zero-order valence-electron chi connectivity index (χ0n) is 10.4. The topological polar surface area (TPSA) is 114 Å². The largest absolute Gasteiger partial charge is 0.478 e. The number of carbonyl (C=O) groups is 1. The maximum Gasteiger partial charge on any atom is 0.337 e. The van der Waals surface area contributed by atoms with Gasteiger partial charge in [0.2, 0.25) is 0 Å². The number of hydrogen-bond acceptors (Lipinski definition) is 6. The minimum Gasteiger partial charge on any atom is -0.478 e. The third kappa shape index (κ3) is 2.62. The third-order valence-corrected chi connectivity index (χ3v) is 4.94. The van der Waals surface area contributed by atoms with Crippen LogP contribution in [0.3, 0.4) is 0 Å². The Bertz CT molecular complexity index is 614. The fraction of sp³-hybridized carbons (Fsp3) is 0.455. The average Bonchev–Trinajstić information content (AvgIpc) is 2.29. The number of carboxylic acid groups (broad SMARTS) is 1. The van der Waals surface area contributed by atoms with Crippen LogP contribution in [-0.4, -0.2) is 48.6 Å². The number of rotatable bonds is 2. The number of anilines is 2. The molecule has 2 rings (SSSR count). The summed E-state index contributed by atoms with van der Waals surface area (Å²) in [5, 5.41) is 9.02. The van der Waals surface area contributed by atoms with Gasteiger partial charge >= 0.3 is 5.97 Å². The minimum absolute atomic E-state index is 0.0193. The van der Waals surface area contributed by atoms with Crippen LogP contribution in [0.1, 0.15) is 17.3 Å². The normalized spacial score (nSPS) is 22.2. The molecule has 1 aromatic rings. The molecule has 2 heterocycles. The number of nitrogen functional groups attached to an aromatic ring is 1. The lowest BCUT2D eigenvalue weighted by atomic mass is 10.2. The molecule has 19 heavy (non-hydrogen) atoms. The van der Waals surface area contributed by atoms with E-state index in [0.29, 0.717) is 5.82 Å². The van der Waals surface area contributed by atoms with Gasteiger partial charge in [0, 0.05) is 18.8 Å². The predicted molar refractivity (Wildman–Crippen MR) is 71.1 cm³/mol. The molecule has 1 atom stereocenters. The standard InChI is InChI=1S/C11H15N3O4S/c1-7-6-19(17,18)5-4-14(7)10-9(12)8(11(15)16)2-3-13-10/h2-3,7H,4-6,12H2,1H3,(H,15,16). The van der Waals surface area contributed by atoms with Crippen LogP contribution in [0.15, 0.2) is 12.3 Å². The number of aromatic nitrogens is 1. The molecule has 0 saturated carbocycles. The predicted octanol–water partition coefficient (Wildman–Crippen LogP) is -0.0147. The van der Waals surface area contributed by atoms with Crippen LogP contribution in [0, 0.1) is 0 Å². The molecule has 8 heteroatoms. The summed E-state index contributed by atoms with van der Waals surface area (Å²) in [7, 11) is -3.04. The van der Waals surface area contributed by atoms with E-state index < -0.39 is 15.8 Å². The van der Waals surface area contributed by atoms with Gasteiger partial charge in [-0.15, -0.1) is 0 Å². The Hall–Kier alpha value is -1.83. The van der Waals surface area contributed by atoms with Crippen molar-refractivity contribution in [1.82, 2.24) is 4.98 Å². The maximum absolute atomic E-state index is 11.5. The van der Waals surface area contributed by atoms with Crippen molar-refractivity contribution >= 4 is 27.3 Å². The van der Waals surface area contributed by atoms with Gasteiger partial charge in [0.25, 0.3) is 0 Å². The molecule has 0 amide bonds. The lowest BCUT2D eigenvalue weighted by Crippen LogP contribution is -2.47. The van der Waals surface area contributed by atoms with E-state index >= 15 is 0 Å². The fourth-order valence-corrected chi connectivity index (χ4v) is 3.75. The molecule has 0 spiro atoms. The van der Waals surface area contributed by atoms with Gasteiger partial charge in [-0.25, -0.2) is 18.2 Å². The number of sulfone groups is 1. The first-order chi connectivity index (χ1) is 8.82. The summed E-state index contributed by atoms with van der Waals surface area (Å²) in [6.45, 7) is 2.02. The smallest absolute Gasteiger partial charge is 0.337 e. The van der Waals surface area contributed by atoms with E-state index in [2.05, 4.69) is 4.98 Å². The van der Waals surface area contributed by atoms with Gasteiger partial charge in [0.15, 0.2) is 15.7 Å². The lowest BCUT2D eigenvalue weighted by molar-refractivity contribution is 0.0698. The minimum atomic E-state index is -3.04. The fourth-order valence-electron chi connectivity index (χ4n) is 2.19. The quantitative estimate of drug-likeness (QED) is 0.785. The van der Waals surface area contributed by atoms with Gasteiger partial charge in [-0.2, -0.15) is 0 Å². The summed E-state index contributed by atoms with van der Waals surface area (Å²) < 4.78 is 23.1. The molecule has 3 N–H and O–H groups in total. The molecule has 0 radical (unpaired) electrons. The van der Waals surface area contributed by atoms with Crippen molar-refractivity contribution in [1.29, 1.82) is 0 Å². The van der Waals surface area contributed by atoms with E-state index in [1.165, 1.54) is 12.3 Å². The van der Waals surface area contributed by atoms with Gasteiger partial charge in [-0.05, 0) is 13.0 Å². The average molecular weight is 285 g/mol. The van der Waals surface area contributed by atoms with Crippen molar-refractivity contribution in [2.24, 2.45) is 0 Å². The summed E-state index contributed by atoms with van der Waals surface area (Å²) in [6.07, 6.45) is 1.37. The number of nitrogens with zero attached hydrogens (tertiary/aromatic N) is 2. The first-order valence-electron chi connectivity index (χ1n) is 5.76. The summed E-state index contributed by atoms with van der Waals surface area (Å²) in [5.74, 6) is -0.748. The van der Waals surface area contributed by atoms with Crippen LogP contribution in [0.2, 0.25) is 0 Å². The molecule has 7 nitrogen and oxygen atoms in total.